The van der Waals surface area contributed by atoms with E-state index in [-0.39, 0.29) is 17.5 Å². The summed E-state index contributed by atoms with van der Waals surface area (Å²) in [6.07, 6.45) is 3.60. The van der Waals surface area contributed by atoms with Crippen LogP contribution in [0.3, 0.4) is 0 Å². The van der Waals surface area contributed by atoms with E-state index in [1.807, 2.05) is 35.2 Å². The fraction of sp³-hybridized carbons (Fsp3) is 0.179. The van der Waals surface area contributed by atoms with E-state index in [1.165, 1.54) is 19.1 Å². The lowest BCUT2D eigenvalue weighted by molar-refractivity contribution is -0.122. The number of nitrogens with one attached hydrogen (secondary N) is 1. The van der Waals surface area contributed by atoms with Crippen LogP contribution >= 0.6 is 15.9 Å². The van der Waals surface area contributed by atoms with Crippen LogP contribution in [-0.4, -0.2) is 29.6 Å². The molecular formula is C28H20BrFN2O3. The second-order valence-corrected chi connectivity index (χ2v) is 10.1. The van der Waals surface area contributed by atoms with Gasteiger partial charge < -0.3 is 10.2 Å². The Bertz CT molecular complexity index is 1450. The predicted octanol–water partition coefficient (Wildman–Crippen LogP) is 5.15. The largest absolute Gasteiger partial charge is 0.352 e. The maximum atomic E-state index is 14.2. The molecule has 7 heteroatoms. The van der Waals surface area contributed by atoms with Gasteiger partial charge in [0.05, 0.1) is 18.0 Å². The number of carbonyl (C=O) groups is 3. The molecule has 0 radical (unpaired) electrons. The van der Waals surface area contributed by atoms with Crippen molar-refractivity contribution in [2.45, 2.75) is 24.4 Å². The van der Waals surface area contributed by atoms with Gasteiger partial charge in [-0.2, -0.15) is 0 Å². The number of fused-ring (bicyclic) bond motifs is 6. The van der Waals surface area contributed by atoms with Gasteiger partial charge in [-0.15, -0.1) is 0 Å². The van der Waals surface area contributed by atoms with E-state index in [9.17, 15) is 18.8 Å². The van der Waals surface area contributed by atoms with Crippen LogP contribution < -0.4 is 10.2 Å². The number of amides is 1. The Morgan fingerprint density at radius 3 is 2.54 bits per heavy atom. The van der Waals surface area contributed by atoms with E-state index in [1.54, 1.807) is 36.4 Å². The third-order valence-corrected chi connectivity index (χ3v) is 7.95. The van der Waals surface area contributed by atoms with E-state index in [0.29, 0.717) is 28.1 Å². The highest BCUT2D eigenvalue weighted by molar-refractivity contribution is 9.10. The zero-order valence-corrected chi connectivity index (χ0v) is 20.3. The Labute approximate surface area is 209 Å². The van der Waals surface area contributed by atoms with Crippen molar-refractivity contribution in [2.24, 2.45) is 5.92 Å². The van der Waals surface area contributed by atoms with E-state index in [2.05, 4.69) is 21.2 Å². The first-order valence-electron chi connectivity index (χ1n) is 11.3. The molecule has 1 saturated heterocycles. The number of hydrogen-bond donors (Lipinski definition) is 1. The Balaban J connectivity index is 1.65. The van der Waals surface area contributed by atoms with Crippen LogP contribution in [0.2, 0.25) is 0 Å². The smallest absolute Gasteiger partial charge is 0.238 e. The van der Waals surface area contributed by atoms with Crippen molar-refractivity contribution in [3.05, 3.63) is 99.8 Å². The summed E-state index contributed by atoms with van der Waals surface area (Å²) in [4.78, 5) is 43.3. The van der Waals surface area contributed by atoms with Gasteiger partial charge in [0.1, 0.15) is 11.2 Å². The highest BCUT2D eigenvalue weighted by Gasteiger charge is 2.69. The first-order chi connectivity index (χ1) is 16.8. The predicted molar refractivity (Wildman–Crippen MR) is 135 cm³/mol. The van der Waals surface area contributed by atoms with Gasteiger partial charge in [-0.05, 0) is 48.9 Å². The minimum atomic E-state index is -1.33. The standard InChI is InChI=1S/C28H20BrFN2O3/c1-15(33)25-24(26(34)16-6-9-18(29)10-7-16)28(20-4-2-3-5-21(20)31-27(28)35)23-13-8-17-14-19(30)11-12-22(17)32(23)25/h2-14,23-25H,1H3,(H,31,35)/t23-,24-,25-,28+/m1/s1. The van der Waals surface area contributed by atoms with E-state index in [0.717, 1.165) is 4.47 Å². The van der Waals surface area contributed by atoms with Gasteiger partial charge in [0.25, 0.3) is 0 Å². The Morgan fingerprint density at radius 2 is 1.80 bits per heavy atom. The third kappa shape index (κ3) is 2.94. The minimum Gasteiger partial charge on any atom is -0.352 e. The lowest BCUT2D eigenvalue weighted by Gasteiger charge is -2.37. The fourth-order valence-corrected chi connectivity index (χ4v) is 6.36. The number of rotatable bonds is 3. The van der Waals surface area contributed by atoms with Crippen LogP contribution in [0.5, 0.6) is 0 Å². The summed E-state index contributed by atoms with van der Waals surface area (Å²) in [5.41, 5.74) is 1.64. The molecule has 0 unspecified atom stereocenters. The number of Topliss-reactive ketones (excluding diaryl/α,β-unsaturated/α-hetero) is 2. The van der Waals surface area contributed by atoms with E-state index >= 15 is 0 Å². The van der Waals surface area contributed by atoms with Crippen LogP contribution in [-0.2, 0) is 15.0 Å². The molecule has 35 heavy (non-hydrogen) atoms. The highest BCUT2D eigenvalue weighted by Crippen LogP contribution is 2.57. The number of halogens is 2. The molecule has 3 aliphatic heterocycles. The Morgan fingerprint density at radius 1 is 1.06 bits per heavy atom. The number of carbonyl (C=O) groups excluding carboxylic acids is 3. The number of para-hydroxylation sites is 1. The second-order valence-electron chi connectivity index (χ2n) is 9.19. The molecular weight excluding hydrogens is 511 g/mol. The number of anilines is 2. The molecule has 1 amide bonds. The summed E-state index contributed by atoms with van der Waals surface area (Å²) >= 11 is 3.40. The molecule has 3 heterocycles. The van der Waals surface area contributed by atoms with Crippen molar-refractivity contribution < 1.29 is 18.8 Å². The maximum Gasteiger partial charge on any atom is 0.238 e. The van der Waals surface area contributed by atoms with Gasteiger partial charge in [-0.3, -0.25) is 14.4 Å². The van der Waals surface area contributed by atoms with Crippen LogP contribution in [0.15, 0.2) is 77.3 Å². The molecule has 3 aliphatic rings. The summed E-state index contributed by atoms with van der Waals surface area (Å²) in [6.45, 7) is 1.45. The molecule has 5 nitrogen and oxygen atoms in total. The molecule has 6 rings (SSSR count). The maximum absolute atomic E-state index is 14.2. The minimum absolute atomic E-state index is 0.231. The van der Waals surface area contributed by atoms with E-state index < -0.39 is 29.2 Å². The molecule has 0 aromatic heterocycles. The summed E-state index contributed by atoms with van der Waals surface area (Å²) in [6, 6.07) is 17.1. The normalized spacial score (nSPS) is 25.7. The number of ketones is 2. The second kappa shape index (κ2) is 7.71. The van der Waals surface area contributed by atoms with Crippen molar-refractivity contribution in [2.75, 3.05) is 10.2 Å². The molecule has 174 valence electrons. The van der Waals surface area contributed by atoms with Crippen LogP contribution in [0.25, 0.3) is 6.08 Å². The molecule has 3 aromatic carbocycles. The van der Waals surface area contributed by atoms with Gasteiger partial charge in [0.15, 0.2) is 11.6 Å². The van der Waals surface area contributed by atoms with Crippen molar-refractivity contribution in [3.63, 3.8) is 0 Å². The van der Waals surface area contributed by atoms with Gasteiger partial charge in [-0.1, -0.05) is 58.4 Å². The van der Waals surface area contributed by atoms with E-state index in [4.69, 9.17) is 0 Å². The highest BCUT2D eigenvalue weighted by atomic mass is 79.9. The quantitative estimate of drug-likeness (QED) is 0.475. The first kappa shape index (κ1) is 21.9. The van der Waals surface area contributed by atoms with Gasteiger partial charge >= 0.3 is 0 Å². The lowest BCUT2D eigenvalue weighted by atomic mass is 9.64. The monoisotopic (exact) mass is 530 g/mol. The molecule has 3 aromatic rings. The van der Waals surface area contributed by atoms with Crippen molar-refractivity contribution in [1.29, 1.82) is 0 Å². The van der Waals surface area contributed by atoms with Crippen molar-refractivity contribution in [1.82, 2.24) is 0 Å². The van der Waals surface area contributed by atoms with Crippen LogP contribution in [0, 0.1) is 11.7 Å². The summed E-state index contributed by atoms with van der Waals surface area (Å²) in [5.74, 6) is -2.22. The van der Waals surface area contributed by atoms with Crippen molar-refractivity contribution >= 4 is 50.9 Å². The average molecular weight is 531 g/mol. The third-order valence-electron chi connectivity index (χ3n) is 7.42. The SMILES string of the molecule is CC(=O)[C@@H]1[C@H](C(=O)c2ccc(Br)cc2)[C@@]2(C(=O)Nc3ccccc32)[C@H]2C=Cc3cc(F)ccc3N12. The molecule has 1 spiro atoms. The topological polar surface area (TPSA) is 66.5 Å². The zero-order valence-electron chi connectivity index (χ0n) is 18.7. The van der Waals surface area contributed by atoms with Crippen LogP contribution in [0.1, 0.15) is 28.4 Å². The molecule has 0 bridgehead atoms. The van der Waals surface area contributed by atoms with Crippen molar-refractivity contribution in [3.8, 4) is 0 Å². The zero-order chi connectivity index (χ0) is 24.5. The molecule has 1 N–H and O–H groups in total. The Hall–Kier alpha value is -3.58. The lowest BCUT2D eigenvalue weighted by Crippen LogP contribution is -2.51. The number of nitrogens with zero attached hydrogens (tertiary/aromatic N) is 1. The molecule has 0 aliphatic carbocycles. The number of benzene rings is 3. The summed E-state index contributed by atoms with van der Waals surface area (Å²) in [5, 5.41) is 2.97. The summed E-state index contributed by atoms with van der Waals surface area (Å²) < 4.78 is 14.9. The van der Waals surface area contributed by atoms with Crippen LogP contribution in [0.4, 0.5) is 15.8 Å². The summed E-state index contributed by atoms with van der Waals surface area (Å²) in [7, 11) is 0. The first-order valence-corrected chi connectivity index (χ1v) is 12.1. The van der Waals surface area contributed by atoms with Gasteiger partial charge in [-0.25, -0.2) is 4.39 Å². The average Bonchev–Trinajstić information content (AvgIpc) is 3.32. The molecule has 1 fully saturated rings. The van der Waals surface area contributed by atoms with Gasteiger partial charge in [0.2, 0.25) is 5.91 Å². The molecule has 0 saturated carbocycles. The molecule has 4 atom stereocenters. The van der Waals surface area contributed by atoms with Gasteiger partial charge in [0, 0.05) is 27.0 Å². The Kier molecular flexibility index (Phi) is 4.83. The number of hydrogen-bond acceptors (Lipinski definition) is 4. The fourth-order valence-electron chi connectivity index (χ4n) is 6.10.